The third-order valence-corrected chi connectivity index (χ3v) is 4.57. The van der Waals surface area contributed by atoms with Crippen molar-refractivity contribution in [1.82, 2.24) is 9.97 Å². The molecular weight excluding hydrogens is 298 g/mol. The molecule has 0 saturated heterocycles. The summed E-state index contributed by atoms with van der Waals surface area (Å²) >= 11 is 0. The highest BCUT2D eigenvalue weighted by Crippen LogP contribution is 2.34. The standard InChI is InChI=1S/C20H19N3O/c21-15-11-17-19(18(24)12-15)16(10-13-4-2-1-3-5-13)20(23-17)14-6-8-22-9-7-14/h1-9,15,23H,10-12,21H2. The molecule has 0 spiro atoms. The SMILES string of the molecule is NC1CC(=O)c2c([nH]c(-c3ccncc3)c2Cc2ccccc2)C1. The summed E-state index contributed by atoms with van der Waals surface area (Å²) in [5.41, 5.74) is 12.2. The van der Waals surface area contributed by atoms with E-state index in [1.54, 1.807) is 12.4 Å². The average molecular weight is 317 g/mol. The minimum atomic E-state index is -0.0986. The van der Waals surface area contributed by atoms with Crippen molar-refractivity contribution < 1.29 is 4.79 Å². The normalized spacial score (nSPS) is 16.9. The number of hydrogen-bond acceptors (Lipinski definition) is 3. The van der Waals surface area contributed by atoms with Gasteiger partial charge in [-0.15, -0.1) is 0 Å². The Balaban J connectivity index is 1.87. The van der Waals surface area contributed by atoms with Gasteiger partial charge >= 0.3 is 0 Å². The average Bonchev–Trinajstić information content (AvgIpc) is 2.95. The van der Waals surface area contributed by atoms with Gasteiger partial charge in [-0.2, -0.15) is 0 Å². The topological polar surface area (TPSA) is 71.8 Å². The minimum Gasteiger partial charge on any atom is -0.357 e. The number of carbonyl (C=O) groups excluding carboxylic acids is 1. The number of aromatic nitrogens is 2. The van der Waals surface area contributed by atoms with Crippen LogP contribution in [0.2, 0.25) is 0 Å². The molecule has 3 aromatic rings. The monoisotopic (exact) mass is 317 g/mol. The number of H-pyrrole nitrogens is 1. The van der Waals surface area contributed by atoms with Crippen LogP contribution in [0, 0.1) is 0 Å². The van der Waals surface area contributed by atoms with Crippen molar-refractivity contribution >= 4 is 5.78 Å². The van der Waals surface area contributed by atoms with Gasteiger partial charge in [-0.25, -0.2) is 0 Å². The Morgan fingerprint density at radius 1 is 1.08 bits per heavy atom. The first kappa shape index (κ1) is 14.8. The second-order valence-corrected chi connectivity index (χ2v) is 6.32. The zero-order chi connectivity index (χ0) is 16.5. The summed E-state index contributed by atoms with van der Waals surface area (Å²) in [6.45, 7) is 0. The Kier molecular flexibility index (Phi) is 3.75. The van der Waals surface area contributed by atoms with Gasteiger partial charge in [0.1, 0.15) is 0 Å². The highest BCUT2D eigenvalue weighted by Gasteiger charge is 2.29. The molecule has 0 amide bonds. The Morgan fingerprint density at radius 2 is 1.83 bits per heavy atom. The van der Waals surface area contributed by atoms with E-state index >= 15 is 0 Å². The van der Waals surface area contributed by atoms with Crippen LogP contribution in [0.4, 0.5) is 0 Å². The summed E-state index contributed by atoms with van der Waals surface area (Å²) in [5, 5.41) is 0. The van der Waals surface area contributed by atoms with Crippen LogP contribution in [0.15, 0.2) is 54.9 Å². The Hall–Kier alpha value is -2.72. The van der Waals surface area contributed by atoms with Gasteiger partial charge in [-0.1, -0.05) is 30.3 Å². The zero-order valence-electron chi connectivity index (χ0n) is 13.3. The number of pyridine rings is 1. The molecule has 24 heavy (non-hydrogen) atoms. The molecule has 3 N–H and O–H groups in total. The van der Waals surface area contributed by atoms with Crippen LogP contribution in [0.3, 0.4) is 0 Å². The van der Waals surface area contributed by atoms with Crippen LogP contribution < -0.4 is 5.73 Å². The summed E-state index contributed by atoms with van der Waals surface area (Å²) in [7, 11) is 0. The van der Waals surface area contributed by atoms with Crippen molar-refractivity contribution in [3.05, 3.63) is 77.2 Å². The summed E-state index contributed by atoms with van der Waals surface area (Å²) in [6.07, 6.45) is 5.41. The van der Waals surface area contributed by atoms with E-state index in [9.17, 15) is 4.79 Å². The van der Waals surface area contributed by atoms with E-state index in [1.807, 2.05) is 30.3 Å². The molecule has 0 aliphatic heterocycles. The van der Waals surface area contributed by atoms with Crippen molar-refractivity contribution in [3.63, 3.8) is 0 Å². The number of nitrogens with one attached hydrogen (secondary N) is 1. The van der Waals surface area contributed by atoms with E-state index < -0.39 is 0 Å². The molecule has 1 unspecified atom stereocenters. The van der Waals surface area contributed by atoms with Gasteiger partial charge in [-0.3, -0.25) is 9.78 Å². The van der Waals surface area contributed by atoms with E-state index in [4.69, 9.17) is 5.73 Å². The van der Waals surface area contributed by atoms with Crippen LogP contribution in [0.25, 0.3) is 11.3 Å². The third kappa shape index (κ3) is 2.65. The van der Waals surface area contributed by atoms with Crippen LogP contribution in [-0.2, 0) is 12.8 Å². The van der Waals surface area contributed by atoms with Crippen LogP contribution in [-0.4, -0.2) is 21.8 Å². The summed E-state index contributed by atoms with van der Waals surface area (Å²) in [4.78, 5) is 20.2. The van der Waals surface area contributed by atoms with E-state index in [1.165, 1.54) is 5.56 Å². The number of nitrogens with zero attached hydrogens (tertiary/aromatic N) is 1. The van der Waals surface area contributed by atoms with Gasteiger partial charge in [0.15, 0.2) is 5.78 Å². The molecule has 0 radical (unpaired) electrons. The van der Waals surface area contributed by atoms with Gasteiger partial charge in [0.05, 0.1) is 5.69 Å². The first-order valence-electron chi connectivity index (χ1n) is 8.19. The summed E-state index contributed by atoms with van der Waals surface area (Å²) in [6, 6.07) is 14.1. The molecule has 1 aromatic carbocycles. The molecule has 4 rings (SSSR count). The van der Waals surface area contributed by atoms with Crippen LogP contribution in [0.5, 0.6) is 0 Å². The molecule has 0 saturated carbocycles. The van der Waals surface area contributed by atoms with Crippen molar-refractivity contribution in [2.45, 2.75) is 25.3 Å². The molecule has 2 heterocycles. The largest absolute Gasteiger partial charge is 0.357 e. The third-order valence-electron chi connectivity index (χ3n) is 4.57. The first-order chi connectivity index (χ1) is 11.7. The van der Waals surface area contributed by atoms with Gasteiger partial charge < -0.3 is 10.7 Å². The second-order valence-electron chi connectivity index (χ2n) is 6.32. The Bertz CT molecular complexity index is 869. The number of aromatic amines is 1. The maximum Gasteiger partial charge on any atom is 0.166 e. The number of hydrogen-bond donors (Lipinski definition) is 2. The highest BCUT2D eigenvalue weighted by atomic mass is 16.1. The number of ketones is 1. The van der Waals surface area contributed by atoms with Crippen molar-refractivity contribution in [3.8, 4) is 11.3 Å². The predicted octanol–water partition coefficient (Wildman–Crippen LogP) is 3.12. The quantitative estimate of drug-likeness (QED) is 0.779. The lowest BCUT2D eigenvalue weighted by Gasteiger charge is -2.18. The van der Waals surface area contributed by atoms with Crippen molar-refractivity contribution in [2.24, 2.45) is 5.73 Å². The van der Waals surface area contributed by atoms with Crippen molar-refractivity contribution in [2.75, 3.05) is 0 Å². The fourth-order valence-corrected chi connectivity index (χ4v) is 3.50. The van der Waals surface area contributed by atoms with Crippen LogP contribution >= 0.6 is 0 Å². The van der Waals surface area contributed by atoms with E-state index in [0.29, 0.717) is 12.8 Å². The number of fused-ring (bicyclic) bond motifs is 1. The fourth-order valence-electron chi connectivity index (χ4n) is 3.50. The van der Waals surface area contributed by atoms with Gasteiger partial charge in [0.2, 0.25) is 0 Å². The first-order valence-corrected chi connectivity index (χ1v) is 8.19. The minimum absolute atomic E-state index is 0.0986. The number of Topliss-reactive ketones (excluding diaryl/α,β-unsaturated/α-hetero) is 1. The molecule has 1 atom stereocenters. The van der Waals surface area contributed by atoms with E-state index in [-0.39, 0.29) is 11.8 Å². The highest BCUT2D eigenvalue weighted by molar-refractivity contribution is 6.02. The van der Waals surface area contributed by atoms with Gasteiger partial charge in [0, 0.05) is 54.5 Å². The summed E-state index contributed by atoms with van der Waals surface area (Å²) in [5.74, 6) is 0.145. The maximum absolute atomic E-state index is 12.6. The molecule has 0 bridgehead atoms. The lowest BCUT2D eigenvalue weighted by Crippen LogP contribution is -2.31. The van der Waals surface area contributed by atoms with Gasteiger partial charge in [0.25, 0.3) is 0 Å². The maximum atomic E-state index is 12.6. The van der Waals surface area contributed by atoms with E-state index in [0.717, 1.165) is 34.5 Å². The predicted molar refractivity (Wildman–Crippen MR) is 93.9 cm³/mol. The molecular formula is C20H19N3O. The number of nitrogens with two attached hydrogens (primary N) is 1. The molecule has 4 heteroatoms. The number of benzene rings is 1. The Morgan fingerprint density at radius 3 is 2.58 bits per heavy atom. The Labute approximate surface area is 140 Å². The van der Waals surface area contributed by atoms with E-state index in [2.05, 4.69) is 22.1 Å². The lowest BCUT2D eigenvalue weighted by molar-refractivity contribution is 0.0964. The molecule has 2 aromatic heterocycles. The fraction of sp³-hybridized carbons (Fsp3) is 0.200. The van der Waals surface area contributed by atoms with Gasteiger partial charge in [-0.05, 0) is 23.3 Å². The zero-order valence-corrected chi connectivity index (χ0v) is 13.3. The smallest absolute Gasteiger partial charge is 0.166 e. The van der Waals surface area contributed by atoms with Crippen molar-refractivity contribution in [1.29, 1.82) is 0 Å². The molecule has 0 fully saturated rings. The van der Waals surface area contributed by atoms with Crippen LogP contribution in [0.1, 0.15) is 33.6 Å². The molecule has 120 valence electrons. The lowest BCUT2D eigenvalue weighted by atomic mass is 9.88. The molecule has 1 aliphatic rings. The number of carbonyl (C=O) groups is 1. The summed E-state index contributed by atoms with van der Waals surface area (Å²) < 4.78 is 0. The molecule has 1 aliphatic carbocycles. The molecule has 4 nitrogen and oxygen atoms in total. The number of rotatable bonds is 3. The second kappa shape index (κ2) is 6.06.